The summed E-state index contributed by atoms with van der Waals surface area (Å²) in [6.45, 7) is 1.91. The summed E-state index contributed by atoms with van der Waals surface area (Å²) in [6, 6.07) is 24.0. The van der Waals surface area contributed by atoms with Crippen LogP contribution in [0.4, 0.5) is 11.4 Å². The second-order valence-electron chi connectivity index (χ2n) is 7.37. The highest BCUT2D eigenvalue weighted by Crippen LogP contribution is 2.25. The third-order valence-electron chi connectivity index (χ3n) is 4.93. The highest BCUT2D eigenvalue weighted by Gasteiger charge is 2.16. The van der Waals surface area contributed by atoms with E-state index in [0.29, 0.717) is 33.8 Å². The molecule has 0 aliphatic carbocycles. The zero-order valence-electron chi connectivity index (χ0n) is 18.4. The fourth-order valence-electron chi connectivity index (χ4n) is 3.24. The maximum atomic E-state index is 12.5. The van der Waals surface area contributed by atoms with E-state index in [0.717, 1.165) is 11.4 Å². The largest absolute Gasteiger partial charge is 0.377 e. The summed E-state index contributed by atoms with van der Waals surface area (Å²) in [4.78, 5) is 23.9. The van der Waals surface area contributed by atoms with Crippen molar-refractivity contribution in [3.63, 3.8) is 0 Å². The number of halogens is 1. The summed E-state index contributed by atoms with van der Waals surface area (Å²) in [7, 11) is 0. The Morgan fingerprint density at radius 2 is 1.65 bits per heavy atom. The second-order valence-corrected chi connectivity index (χ2v) is 8.72. The molecule has 7 nitrogen and oxygen atoms in total. The topological polar surface area (TPSA) is 88.9 Å². The number of para-hydroxylation sites is 2. The summed E-state index contributed by atoms with van der Waals surface area (Å²) in [5, 5.41) is 16.0. The monoisotopic (exact) mass is 491 g/mol. The van der Waals surface area contributed by atoms with Crippen LogP contribution in [0.25, 0.3) is 5.69 Å². The number of aromatic nitrogens is 3. The van der Waals surface area contributed by atoms with Crippen molar-refractivity contribution in [2.45, 2.75) is 18.6 Å². The Labute approximate surface area is 206 Å². The first-order chi connectivity index (χ1) is 16.5. The minimum Gasteiger partial charge on any atom is -0.377 e. The van der Waals surface area contributed by atoms with Gasteiger partial charge in [0.2, 0.25) is 5.91 Å². The van der Waals surface area contributed by atoms with Crippen LogP contribution >= 0.6 is 23.4 Å². The summed E-state index contributed by atoms with van der Waals surface area (Å²) in [6.07, 6.45) is 0. The zero-order chi connectivity index (χ0) is 23.9. The van der Waals surface area contributed by atoms with E-state index in [2.05, 4.69) is 20.8 Å². The van der Waals surface area contributed by atoms with Gasteiger partial charge in [-0.25, -0.2) is 0 Å². The Balaban J connectivity index is 1.47. The first kappa shape index (κ1) is 23.5. The molecule has 2 N–H and O–H groups in total. The maximum absolute atomic E-state index is 12.5. The second kappa shape index (κ2) is 11.0. The summed E-state index contributed by atoms with van der Waals surface area (Å²) >= 11 is 7.55. The number of benzene rings is 3. The summed E-state index contributed by atoms with van der Waals surface area (Å²) < 4.78 is 1.92. The average Bonchev–Trinajstić information content (AvgIpc) is 3.26. The molecule has 1 aromatic heterocycles. The summed E-state index contributed by atoms with van der Waals surface area (Å²) in [5.74, 6) is 0.637. The first-order valence-corrected chi connectivity index (χ1v) is 11.9. The van der Waals surface area contributed by atoms with Gasteiger partial charge in [0.15, 0.2) is 16.8 Å². The highest BCUT2D eigenvalue weighted by atomic mass is 35.5. The number of carbonyl (C=O) groups excluding carboxylic acids is 2. The number of Topliss-reactive ketones (excluding diaryl/α,β-unsaturated/α-hetero) is 1. The van der Waals surface area contributed by atoms with Gasteiger partial charge in [0.05, 0.1) is 23.0 Å². The Morgan fingerprint density at radius 3 is 2.35 bits per heavy atom. The van der Waals surface area contributed by atoms with Crippen molar-refractivity contribution in [2.24, 2.45) is 0 Å². The smallest absolute Gasteiger partial charge is 0.234 e. The molecule has 1 amide bonds. The van der Waals surface area contributed by atoms with E-state index in [1.165, 1.54) is 18.7 Å². The number of hydrogen-bond acceptors (Lipinski definition) is 6. The van der Waals surface area contributed by atoms with Crippen LogP contribution in [0.1, 0.15) is 23.1 Å². The normalized spacial score (nSPS) is 10.6. The van der Waals surface area contributed by atoms with Gasteiger partial charge in [-0.3, -0.25) is 14.2 Å². The number of amides is 1. The van der Waals surface area contributed by atoms with E-state index in [9.17, 15) is 9.59 Å². The Morgan fingerprint density at radius 1 is 0.941 bits per heavy atom. The first-order valence-electron chi connectivity index (χ1n) is 10.5. The molecule has 0 saturated carbocycles. The molecule has 0 saturated heterocycles. The quantitative estimate of drug-likeness (QED) is 0.238. The number of nitrogens with one attached hydrogen (secondary N) is 2. The molecule has 0 atom stereocenters. The van der Waals surface area contributed by atoms with Gasteiger partial charge >= 0.3 is 0 Å². The van der Waals surface area contributed by atoms with E-state index >= 15 is 0 Å². The van der Waals surface area contributed by atoms with E-state index in [1.807, 2.05) is 59.2 Å². The van der Waals surface area contributed by atoms with Crippen LogP contribution in [0.3, 0.4) is 0 Å². The number of anilines is 2. The van der Waals surface area contributed by atoms with E-state index in [-0.39, 0.29) is 17.4 Å². The van der Waals surface area contributed by atoms with E-state index in [4.69, 9.17) is 11.6 Å². The molecule has 4 aromatic rings. The van der Waals surface area contributed by atoms with Crippen molar-refractivity contribution in [1.82, 2.24) is 14.8 Å². The van der Waals surface area contributed by atoms with Crippen LogP contribution in [-0.4, -0.2) is 32.2 Å². The molecule has 0 fully saturated rings. The van der Waals surface area contributed by atoms with Gasteiger partial charge in [0.25, 0.3) is 0 Å². The van der Waals surface area contributed by atoms with Gasteiger partial charge in [-0.05, 0) is 55.5 Å². The van der Waals surface area contributed by atoms with Gasteiger partial charge in [0.1, 0.15) is 0 Å². The SMILES string of the molecule is CC(=O)c1ccc(NC(=O)CSc2nnc(CNc3ccccc3Cl)n2-c2ccccc2)cc1. The van der Waals surface area contributed by atoms with Crippen LogP contribution in [0.5, 0.6) is 0 Å². The number of thioether (sulfide) groups is 1. The van der Waals surface area contributed by atoms with E-state index < -0.39 is 0 Å². The summed E-state index contributed by atoms with van der Waals surface area (Å²) in [5.41, 5.74) is 2.92. The lowest BCUT2D eigenvalue weighted by atomic mass is 10.1. The van der Waals surface area contributed by atoms with Gasteiger partial charge in [-0.15, -0.1) is 10.2 Å². The maximum Gasteiger partial charge on any atom is 0.234 e. The lowest BCUT2D eigenvalue weighted by Crippen LogP contribution is -2.15. The lowest BCUT2D eigenvalue weighted by molar-refractivity contribution is -0.113. The number of carbonyl (C=O) groups is 2. The number of ketones is 1. The Bertz CT molecular complexity index is 1290. The molecule has 4 rings (SSSR count). The van der Waals surface area contributed by atoms with Crippen molar-refractivity contribution in [2.75, 3.05) is 16.4 Å². The van der Waals surface area contributed by atoms with Gasteiger partial charge < -0.3 is 10.6 Å². The highest BCUT2D eigenvalue weighted by molar-refractivity contribution is 7.99. The molecular weight excluding hydrogens is 470 g/mol. The van der Waals surface area contributed by atoms with Crippen molar-refractivity contribution in [1.29, 1.82) is 0 Å². The fourth-order valence-corrected chi connectivity index (χ4v) is 4.21. The van der Waals surface area contributed by atoms with Crippen LogP contribution in [0.15, 0.2) is 84.0 Å². The van der Waals surface area contributed by atoms with Crippen molar-refractivity contribution < 1.29 is 9.59 Å². The van der Waals surface area contributed by atoms with Crippen molar-refractivity contribution >= 4 is 46.4 Å². The molecule has 172 valence electrons. The van der Waals surface area contributed by atoms with Crippen molar-refractivity contribution in [3.05, 3.63) is 95.3 Å². The number of rotatable bonds is 9. The van der Waals surface area contributed by atoms with Gasteiger partial charge in [0, 0.05) is 16.9 Å². The molecule has 0 aliphatic rings. The minimum absolute atomic E-state index is 0.0199. The van der Waals surface area contributed by atoms with Crippen LogP contribution in [0, 0.1) is 0 Å². The van der Waals surface area contributed by atoms with Crippen LogP contribution in [-0.2, 0) is 11.3 Å². The molecule has 0 radical (unpaired) electrons. The Hall–Kier alpha value is -3.62. The molecule has 0 bridgehead atoms. The molecule has 9 heteroatoms. The number of nitrogens with zero attached hydrogens (tertiary/aromatic N) is 3. The fraction of sp³-hybridized carbons (Fsp3) is 0.120. The van der Waals surface area contributed by atoms with Crippen LogP contribution < -0.4 is 10.6 Å². The van der Waals surface area contributed by atoms with Crippen LogP contribution in [0.2, 0.25) is 5.02 Å². The van der Waals surface area contributed by atoms with Gasteiger partial charge in [-0.1, -0.05) is 53.7 Å². The lowest BCUT2D eigenvalue weighted by Gasteiger charge is -2.12. The van der Waals surface area contributed by atoms with E-state index in [1.54, 1.807) is 24.3 Å². The zero-order valence-corrected chi connectivity index (χ0v) is 19.9. The average molecular weight is 492 g/mol. The molecular formula is C25H22ClN5O2S. The molecule has 0 spiro atoms. The molecule has 34 heavy (non-hydrogen) atoms. The standard InChI is InChI=1S/C25H22ClN5O2S/c1-17(32)18-11-13-19(14-12-18)28-24(33)16-34-25-30-29-23(31(25)20-7-3-2-4-8-20)15-27-22-10-6-5-9-21(22)26/h2-14,27H,15-16H2,1H3,(H,28,33). The third kappa shape index (κ3) is 5.84. The predicted molar refractivity (Wildman–Crippen MR) is 136 cm³/mol. The molecule has 0 aliphatic heterocycles. The third-order valence-corrected chi connectivity index (χ3v) is 6.19. The molecule has 1 heterocycles. The minimum atomic E-state index is -0.182. The molecule has 0 unspecified atom stereocenters. The Kier molecular flexibility index (Phi) is 7.61. The number of hydrogen-bond donors (Lipinski definition) is 2. The predicted octanol–water partition coefficient (Wildman–Crippen LogP) is 5.47. The van der Waals surface area contributed by atoms with Crippen molar-refractivity contribution in [3.8, 4) is 5.69 Å². The van der Waals surface area contributed by atoms with Gasteiger partial charge in [-0.2, -0.15) is 0 Å². The molecule has 3 aromatic carbocycles.